The van der Waals surface area contributed by atoms with E-state index in [4.69, 9.17) is 4.74 Å². The summed E-state index contributed by atoms with van der Waals surface area (Å²) in [6, 6.07) is 8.49. The van der Waals surface area contributed by atoms with Crippen LogP contribution in [0.4, 0.5) is 11.4 Å². The molecule has 1 saturated carbocycles. The van der Waals surface area contributed by atoms with Crippen LogP contribution in [0.15, 0.2) is 35.7 Å². The van der Waals surface area contributed by atoms with Crippen molar-refractivity contribution in [1.29, 1.82) is 0 Å². The van der Waals surface area contributed by atoms with Gasteiger partial charge in [-0.1, -0.05) is 11.8 Å². The number of amides is 1. The highest BCUT2D eigenvalue weighted by molar-refractivity contribution is 7.99. The number of morpholine rings is 1. The number of hydrogen-bond donors (Lipinski definition) is 1. The molecule has 0 spiro atoms. The molecule has 2 heterocycles. The van der Waals surface area contributed by atoms with Crippen LogP contribution in [-0.4, -0.2) is 52.7 Å². The summed E-state index contributed by atoms with van der Waals surface area (Å²) in [5.74, 6) is 0.297. The largest absolute Gasteiger partial charge is 0.378 e. The van der Waals surface area contributed by atoms with E-state index in [1.807, 2.05) is 24.3 Å². The van der Waals surface area contributed by atoms with Crippen molar-refractivity contribution >= 4 is 29.0 Å². The third kappa shape index (κ3) is 4.13. The number of anilines is 2. The molecule has 2 aromatic rings. The van der Waals surface area contributed by atoms with Crippen molar-refractivity contribution in [2.45, 2.75) is 24.0 Å². The molecule has 1 amide bonds. The standard InChI is InChI=1S/C17H21N5O2S/c23-16(11-25-17-20-18-12-22(17)15-5-6-15)19-13-1-3-14(4-2-13)21-7-9-24-10-8-21/h1-4,12,15H,5-11H2,(H,19,23). The fraction of sp³-hybridized carbons (Fsp3) is 0.471. The molecule has 0 bridgehead atoms. The molecule has 2 fully saturated rings. The first-order chi connectivity index (χ1) is 12.3. The van der Waals surface area contributed by atoms with Gasteiger partial charge in [0.25, 0.3) is 0 Å². The first-order valence-corrected chi connectivity index (χ1v) is 9.53. The Bertz CT molecular complexity index is 723. The molecule has 1 N–H and O–H groups in total. The molecule has 25 heavy (non-hydrogen) atoms. The van der Waals surface area contributed by atoms with Gasteiger partial charge < -0.3 is 19.5 Å². The van der Waals surface area contributed by atoms with Crippen molar-refractivity contribution < 1.29 is 9.53 Å². The van der Waals surface area contributed by atoms with Crippen LogP contribution >= 0.6 is 11.8 Å². The molecule has 1 aliphatic carbocycles. The van der Waals surface area contributed by atoms with Gasteiger partial charge in [-0.05, 0) is 37.1 Å². The quantitative estimate of drug-likeness (QED) is 0.797. The first-order valence-electron chi connectivity index (χ1n) is 8.54. The van der Waals surface area contributed by atoms with Gasteiger partial charge in [-0.15, -0.1) is 10.2 Å². The first kappa shape index (κ1) is 16.4. The average molecular weight is 359 g/mol. The zero-order chi connectivity index (χ0) is 17.1. The van der Waals surface area contributed by atoms with Crippen molar-refractivity contribution in [1.82, 2.24) is 14.8 Å². The monoisotopic (exact) mass is 359 g/mol. The molecule has 1 aromatic carbocycles. The molecule has 0 unspecified atom stereocenters. The van der Waals surface area contributed by atoms with Crippen LogP contribution in [0.1, 0.15) is 18.9 Å². The Hall–Kier alpha value is -2.06. The number of thioether (sulfide) groups is 1. The van der Waals surface area contributed by atoms with Crippen LogP contribution < -0.4 is 10.2 Å². The predicted molar refractivity (Wildman–Crippen MR) is 97.1 cm³/mol. The summed E-state index contributed by atoms with van der Waals surface area (Å²) < 4.78 is 7.43. The fourth-order valence-corrected chi connectivity index (χ4v) is 3.63. The van der Waals surface area contributed by atoms with E-state index in [0.29, 0.717) is 11.8 Å². The van der Waals surface area contributed by atoms with Gasteiger partial charge in [0.2, 0.25) is 5.91 Å². The summed E-state index contributed by atoms with van der Waals surface area (Å²) in [7, 11) is 0. The molecule has 1 aromatic heterocycles. The number of carbonyl (C=O) groups excluding carboxylic acids is 1. The van der Waals surface area contributed by atoms with Crippen molar-refractivity contribution in [3.05, 3.63) is 30.6 Å². The SMILES string of the molecule is O=C(CSc1nncn1C1CC1)Nc1ccc(N2CCOCC2)cc1. The van der Waals surface area contributed by atoms with E-state index in [-0.39, 0.29) is 5.91 Å². The van der Waals surface area contributed by atoms with Crippen LogP contribution in [-0.2, 0) is 9.53 Å². The van der Waals surface area contributed by atoms with Gasteiger partial charge in [0.15, 0.2) is 5.16 Å². The zero-order valence-electron chi connectivity index (χ0n) is 13.9. The lowest BCUT2D eigenvalue weighted by atomic mass is 10.2. The predicted octanol–water partition coefficient (Wildman–Crippen LogP) is 2.18. The Morgan fingerprint density at radius 1 is 1.24 bits per heavy atom. The van der Waals surface area contributed by atoms with E-state index >= 15 is 0 Å². The normalized spacial score (nSPS) is 17.5. The van der Waals surface area contributed by atoms with E-state index < -0.39 is 0 Å². The lowest BCUT2D eigenvalue weighted by molar-refractivity contribution is -0.113. The van der Waals surface area contributed by atoms with Crippen LogP contribution in [0, 0.1) is 0 Å². The second kappa shape index (κ2) is 7.45. The summed E-state index contributed by atoms with van der Waals surface area (Å²) in [6.45, 7) is 3.34. The number of aromatic nitrogens is 3. The molecule has 7 nitrogen and oxygen atoms in total. The molecule has 132 valence electrons. The van der Waals surface area contributed by atoms with E-state index in [2.05, 4.69) is 25.0 Å². The molecular weight excluding hydrogens is 338 g/mol. The third-order valence-corrected chi connectivity index (χ3v) is 5.30. The minimum atomic E-state index is -0.0329. The van der Waals surface area contributed by atoms with Gasteiger partial charge in [-0.25, -0.2) is 0 Å². The lowest BCUT2D eigenvalue weighted by Gasteiger charge is -2.28. The van der Waals surface area contributed by atoms with Gasteiger partial charge >= 0.3 is 0 Å². The van der Waals surface area contributed by atoms with Gasteiger partial charge in [-0.3, -0.25) is 4.79 Å². The third-order valence-electron chi connectivity index (χ3n) is 4.34. The Morgan fingerprint density at radius 2 is 2.00 bits per heavy atom. The van der Waals surface area contributed by atoms with Crippen LogP contribution in [0.5, 0.6) is 0 Å². The summed E-state index contributed by atoms with van der Waals surface area (Å²) in [6.07, 6.45) is 4.10. The van der Waals surface area contributed by atoms with Gasteiger partial charge in [0, 0.05) is 30.5 Å². The van der Waals surface area contributed by atoms with Crippen LogP contribution in [0.25, 0.3) is 0 Å². The molecule has 8 heteroatoms. The zero-order valence-corrected chi connectivity index (χ0v) is 14.7. The molecule has 4 rings (SSSR count). The Morgan fingerprint density at radius 3 is 2.72 bits per heavy atom. The van der Waals surface area contributed by atoms with Crippen molar-refractivity contribution in [3.63, 3.8) is 0 Å². The molecular formula is C17H21N5O2S. The number of nitrogens with zero attached hydrogens (tertiary/aromatic N) is 4. The maximum absolute atomic E-state index is 12.2. The topological polar surface area (TPSA) is 72.3 Å². The minimum Gasteiger partial charge on any atom is -0.378 e. The summed E-state index contributed by atoms with van der Waals surface area (Å²) >= 11 is 1.43. The van der Waals surface area contributed by atoms with Crippen molar-refractivity contribution in [2.75, 3.05) is 42.3 Å². The van der Waals surface area contributed by atoms with Gasteiger partial charge in [-0.2, -0.15) is 0 Å². The van der Waals surface area contributed by atoms with Crippen LogP contribution in [0.2, 0.25) is 0 Å². The summed E-state index contributed by atoms with van der Waals surface area (Å²) in [5.41, 5.74) is 1.97. The second-order valence-corrected chi connectivity index (χ2v) is 7.18. The number of rotatable bonds is 6. The molecule has 0 radical (unpaired) electrons. The second-order valence-electron chi connectivity index (χ2n) is 6.24. The molecule has 1 saturated heterocycles. The highest BCUT2D eigenvalue weighted by Gasteiger charge is 2.26. The highest BCUT2D eigenvalue weighted by atomic mass is 32.2. The minimum absolute atomic E-state index is 0.0329. The fourth-order valence-electron chi connectivity index (χ4n) is 2.84. The molecule has 0 atom stereocenters. The van der Waals surface area contributed by atoms with E-state index in [9.17, 15) is 4.79 Å². The smallest absolute Gasteiger partial charge is 0.234 e. The average Bonchev–Trinajstić information content (AvgIpc) is 3.39. The van der Waals surface area contributed by atoms with E-state index in [1.165, 1.54) is 24.6 Å². The number of benzene rings is 1. The van der Waals surface area contributed by atoms with Gasteiger partial charge in [0.1, 0.15) is 6.33 Å². The summed E-state index contributed by atoms with van der Waals surface area (Å²) in [5, 5.41) is 11.8. The van der Waals surface area contributed by atoms with E-state index in [0.717, 1.165) is 42.8 Å². The van der Waals surface area contributed by atoms with E-state index in [1.54, 1.807) is 6.33 Å². The maximum atomic E-state index is 12.2. The number of carbonyl (C=O) groups is 1. The summed E-state index contributed by atoms with van der Waals surface area (Å²) in [4.78, 5) is 14.5. The molecule has 2 aliphatic rings. The Kier molecular flexibility index (Phi) is 4.89. The van der Waals surface area contributed by atoms with Crippen LogP contribution in [0.3, 0.4) is 0 Å². The number of nitrogens with one attached hydrogen (secondary N) is 1. The maximum Gasteiger partial charge on any atom is 0.234 e. The highest BCUT2D eigenvalue weighted by Crippen LogP contribution is 2.37. The van der Waals surface area contributed by atoms with Gasteiger partial charge in [0.05, 0.1) is 19.0 Å². The Balaban J connectivity index is 1.29. The van der Waals surface area contributed by atoms with Crippen molar-refractivity contribution in [3.8, 4) is 0 Å². The number of ether oxygens (including phenoxy) is 1. The number of hydrogen-bond acceptors (Lipinski definition) is 6. The molecule has 1 aliphatic heterocycles. The van der Waals surface area contributed by atoms with Crippen molar-refractivity contribution in [2.24, 2.45) is 0 Å². The Labute approximate surface area is 150 Å². The lowest BCUT2D eigenvalue weighted by Crippen LogP contribution is -2.36.